The molecular weight excluding hydrogens is 408 g/mol. The van der Waals surface area contributed by atoms with Gasteiger partial charge in [-0.2, -0.15) is 0 Å². The summed E-state index contributed by atoms with van der Waals surface area (Å²) in [7, 11) is 1.35. The van der Waals surface area contributed by atoms with Crippen molar-refractivity contribution in [3.8, 4) is 5.75 Å². The van der Waals surface area contributed by atoms with Crippen molar-refractivity contribution in [2.75, 3.05) is 13.7 Å². The lowest BCUT2D eigenvalue weighted by Gasteiger charge is -2.32. The molecule has 1 N–H and O–H groups in total. The van der Waals surface area contributed by atoms with Crippen LogP contribution in [0.1, 0.15) is 69.9 Å². The van der Waals surface area contributed by atoms with Crippen molar-refractivity contribution >= 4 is 11.9 Å². The molecule has 178 valence electrons. The predicted octanol–water partition coefficient (Wildman–Crippen LogP) is 4.24. The fourth-order valence-corrected chi connectivity index (χ4v) is 5.61. The molecule has 0 radical (unpaired) electrons. The van der Waals surface area contributed by atoms with Crippen LogP contribution in [0.25, 0.3) is 0 Å². The average Bonchev–Trinajstić information content (AvgIpc) is 3.09. The number of rotatable bonds is 11. The molecule has 5 atom stereocenters. The number of carbonyl (C=O) groups is 2. The monoisotopic (exact) mass is 446 g/mol. The first-order chi connectivity index (χ1) is 15.4. The van der Waals surface area contributed by atoms with Crippen LogP contribution in [-0.2, 0) is 31.9 Å². The molecular formula is C26H38O6. The largest absolute Gasteiger partial charge is 0.482 e. The third-order valence-electron chi connectivity index (χ3n) is 7.18. The van der Waals surface area contributed by atoms with Crippen LogP contribution < -0.4 is 4.74 Å². The molecule has 1 aromatic rings. The number of fused-ring (bicyclic) bond motifs is 2. The maximum atomic E-state index is 11.8. The third kappa shape index (κ3) is 6.25. The van der Waals surface area contributed by atoms with E-state index in [1.54, 1.807) is 0 Å². The molecule has 0 unspecified atom stereocenters. The normalized spacial score (nSPS) is 24.9. The van der Waals surface area contributed by atoms with Gasteiger partial charge in [0.25, 0.3) is 0 Å². The molecule has 0 amide bonds. The zero-order valence-corrected chi connectivity index (χ0v) is 19.7. The van der Waals surface area contributed by atoms with E-state index >= 15 is 0 Å². The van der Waals surface area contributed by atoms with E-state index in [1.807, 2.05) is 12.1 Å². The standard InChI is InChI=1S/C26H38O6/c1-4-5-6-9-20(28)11-12-21-22-13-18-8-7-10-24(31-16-26(29)30-3)23(18)14-19(22)15-25(21)32-17(2)27/h7-8,10,19-22,25,28H,4-6,9,11-16H2,1-3H3/t19-,20-,21+,22-,25+/m0/s1. The van der Waals surface area contributed by atoms with Crippen LogP contribution in [0.4, 0.5) is 0 Å². The number of hydrogen-bond acceptors (Lipinski definition) is 6. The summed E-state index contributed by atoms with van der Waals surface area (Å²) >= 11 is 0. The van der Waals surface area contributed by atoms with Crippen LogP contribution in [0.5, 0.6) is 5.75 Å². The molecule has 0 aliphatic heterocycles. The lowest BCUT2D eigenvalue weighted by atomic mass is 9.73. The molecule has 32 heavy (non-hydrogen) atoms. The molecule has 6 heteroatoms. The second-order valence-electron chi connectivity index (χ2n) is 9.37. The van der Waals surface area contributed by atoms with Gasteiger partial charge in [0.2, 0.25) is 0 Å². The number of esters is 2. The number of aliphatic hydroxyl groups excluding tert-OH is 1. The van der Waals surface area contributed by atoms with E-state index < -0.39 is 5.97 Å². The van der Waals surface area contributed by atoms with Gasteiger partial charge in [-0.3, -0.25) is 4.79 Å². The Bertz CT molecular complexity index is 776. The first-order valence-corrected chi connectivity index (χ1v) is 12.1. The van der Waals surface area contributed by atoms with Gasteiger partial charge in [0.15, 0.2) is 6.61 Å². The summed E-state index contributed by atoms with van der Waals surface area (Å²) in [6.45, 7) is 3.55. The summed E-state index contributed by atoms with van der Waals surface area (Å²) in [5.41, 5.74) is 2.39. The number of benzene rings is 1. The quantitative estimate of drug-likeness (QED) is 0.404. The second-order valence-corrected chi connectivity index (χ2v) is 9.37. The van der Waals surface area contributed by atoms with Gasteiger partial charge in [-0.15, -0.1) is 0 Å². The molecule has 1 aromatic carbocycles. The van der Waals surface area contributed by atoms with Crippen LogP contribution in [0.15, 0.2) is 18.2 Å². The number of carbonyl (C=O) groups excluding carboxylic acids is 2. The Morgan fingerprint density at radius 1 is 1.19 bits per heavy atom. The van der Waals surface area contributed by atoms with E-state index in [0.29, 0.717) is 11.8 Å². The molecule has 0 aromatic heterocycles. The molecule has 1 saturated carbocycles. The van der Waals surface area contributed by atoms with Crippen molar-refractivity contribution in [3.05, 3.63) is 29.3 Å². The van der Waals surface area contributed by atoms with Crippen LogP contribution in [0, 0.1) is 17.8 Å². The first kappa shape index (κ1) is 24.6. The Kier molecular flexibility index (Phi) is 8.97. The van der Waals surface area contributed by atoms with Crippen molar-refractivity contribution < 1.29 is 28.9 Å². The molecule has 3 rings (SSSR count). The van der Waals surface area contributed by atoms with Gasteiger partial charge < -0.3 is 19.3 Å². The maximum absolute atomic E-state index is 11.8. The maximum Gasteiger partial charge on any atom is 0.343 e. The molecule has 0 bridgehead atoms. The Hall–Kier alpha value is -2.08. The number of ether oxygens (including phenoxy) is 3. The van der Waals surface area contributed by atoms with Crippen LogP contribution in [-0.4, -0.2) is 43.0 Å². The zero-order valence-electron chi connectivity index (χ0n) is 19.7. The minimum Gasteiger partial charge on any atom is -0.482 e. The summed E-state index contributed by atoms with van der Waals surface area (Å²) < 4.78 is 16.2. The van der Waals surface area contributed by atoms with E-state index in [9.17, 15) is 14.7 Å². The molecule has 2 aliphatic carbocycles. The second kappa shape index (κ2) is 11.7. The van der Waals surface area contributed by atoms with Gasteiger partial charge in [0.05, 0.1) is 13.2 Å². The van der Waals surface area contributed by atoms with Crippen molar-refractivity contribution in [2.24, 2.45) is 17.8 Å². The number of hydrogen-bond donors (Lipinski definition) is 1. The minimum atomic E-state index is -0.398. The van der Waals surface area contributed by atoms with Crippen LogP contribution >= 0.6 is 0 Å². The molecule has 2 aliphatic rings. The zero-order chi connectivity index (χ0) is 23.1. The Morgan fingerprint density at radius 2 is 2.00 bits per heavy atom. The highest BCUT2D eigenvalue weighted by atomic mass is 16.6. The molecule has 0 spiro atoms. The molecule has 0 heterocycles. The SMILES string of the molecule is CCCCC[C@H](O)CC[C@@H]1[C@H]2Cc3cccc(OCC(=O)OC)c3C[C@H]2C[C@H]1OC(C)=O. The van der Waals surface area contributed by atoms with E-state index in [4.69, 9.17) is 14.2 Å². The van der Waals surface area contributed by atoms with Gasteiger partial charge >= 0.3 is 11.9 Å². The van der Waals surface area contributed by atoms with E-state index in [-0.39, 0.29) is 30.7 Å². The summed E-state index contributed by atoms with van der Waals surface area (Å²) in [5, 5.41) is 10.5. The van der Waals surface area contributed by atoms with E-state index in [2.05, 4.69) is 13.0 Å². The van der Waals surface area contributed by atoms with E-state index in [0.717, 1.165) is 69.1 Å². The number of unbranched alkanes of at least 4 members (excludes halogenated alkanes) is 2. The van der Waals surface area contributed by atoms with Gasteiger partial charge in [0.1, 0.15) is 11.9 Å². The fourth-order valence-electron chi connectivity index (χ4n) is 5.61. The highest BCUT2D eigenvalue weighted by Gasteiger charge is 2.47. The Balaban J connectivity index is 1.70. The fraction of sp³-hybridized carbons (Fsp3) is 0.692. The Morgan fingerprint density at radius 3 is 2.72 bits per heavy atom. The van der Waals surface area contributed by atoms with E-state index in [1.165, 1.54) is 19.6 Å². The highest BCUT2D eigenvalue weighted by Crippen LogP contribution is 2.49. The molecule has 6 nitrogen and oxygen atoms in total. The number of methoxy groups -OCH3 is 1. The van der Waals surface area contributed by atoms with Crippen LogP contribution in [0.3, 0.4) is 0 Å². The topological polar surface area (TPSA) is 82.1 Å². The van der Waals surface area contributed by atoms with Crippen molar-refractivity contribution in [1.29, 1.82) is 0 Å². The minimum absolute atomic E-state index is 0.0981. The van der Waals surface area contributed by atoms with Gasteiger partial charge in [-0.1, -0.05) is 38.3 Å². The number of aliphatic hydroxyl groups is 1. The Labute approximate surface area is 191 Å². The van der Waals surface area contributed by atoms with Gasteiger partial charge in [-0.25, -0.2) is 4.79 Å². The molecule has 1 fully saturated rings. The van der Waals surface area contributed by atoms with Gasteiger partial charge in [0, 0.05) is 6.92 Å². The summed E-state index contributed by atoms with van der Waals surface area (Å²) in [6, 6.07) is 6.01. The summed E-state index contributed by atoms with van der Waals surface area (Å²) in [6.07, 6.45) is 8.05. The van der Waals surface area contributed by atoms with Crippen molar-refractivity contribution in [3.63, 3.8) is 0 Å². The lowest BCUT2D eigenvalue weighted by molar-refractivity contribution is -0.148. The lowest BCUT2D eigenvalue weighted by Crippen LogP contribution is -2.29. The van der Waals surface area contributed by atoms with Crippen molar-refractivity contribution in [2.45, 2.75) is 83.8 Å². The van der Waals surface area contributed by atoms with Crippen molar-refractivity contribution in [1.82, 2.24) is 0 Å². The highest BCUT2D eigenvalue weighted by molar-refractivity contribution is 5.71. The smallest absolute Gasteiger partial charge is 0.343 e. The molecule has 0 saturated heterocycles. The summed E-state index contributed by atoms with van der Waals surface area (Å²) in [4.78, 5) is 23.3. The van der Waals surface area contributed by atoms with Gasteiger partial charge in [-0.05, 0) is 73.5 Å². The average molecular weight is 447 g/mol. The first-order valence-electron chi connectivity index (χ1n) is 12.1. The summed E-state index contributed by atoms with van der Waals surface area (Å²) in [5.74, 6) is 1.19. The third-order valence-corrected chi connectivity index (χ3v) is 7.18. The van der Waals surface area contributed by atoms with Crippen LogP contribution in [0.2, 0.25) is 0 Å². The predicted molar refractivity (Wildman–Crippen MR) is 121 cm³/mol.